The van der Waals surface area contributed by atoms with Crippen LogP contribution in [0.3, 0.4) is 0 Å². The molecule has 19 heavy (non-hydrogen) atoms. The van der Waals surface area contributed by atoms with Gasteiger partial charge in [0.25, 0.3) is 0 Å². The Labute approximate surface area is 119 Å². The first kappa shape index (κ1) is 13.5. The summed E-state index contributed by atoms with van der Waals surface area (Å²) in [5.74, 6) is -0.392. The zero-order valence-corrected chi connectivity index (χ0v) is 11.8. The van der Waals surface area contributed by atoms with Gasteiger partial charge in [-0.1, -0.05) is 22.0 Å². The average Bonchev–Trinajstić information content (AvgIpc) is 2.26. The smallest absolute Gasteiger partial charge is 0.308 e. The van der Waals surface area contributed by atoms with Crippen LogP contribution in [-0.2, 0) is 0 Å². The van der Waals surface area contributed by atoms with Gasteiger partial charge >= 0.3 is 6.03 Å². The maximum Gasteiger partial charge on any atom is 0.323 e. The molecule has 0 bridgehead atoms. The molecule has 0 unspecified atom stereocenters. The molecular formula is C14H12BrFN2O. The van der Waals surface area contributed by atoms with Crippen LogP contribution in [0.1, 0.15) is 5.56 Å². The fourth-order valence-electron chi connectivity index (χ4n) is 1.67. The van der Waals surface area contributed by atoms with Gasteiger partial charge < -0.3 is 10.6 Å². The van der Waals surface area contributed by atoms with Gasteiger partial charge in [0.1, 0.15) is 5.82 Å². The van der Waals surface area contributed by atoms with E-state index in [0.717, 1.165) is 10.0 Å². The average molecular weight is 323 g/mol. The molecule has 0 aliphatic rings. The lowest BCUT2D eigenvalue weighted by molar-refractivity contribution is 0.262. The summed E-state index contributed by atoms with van der Waals surface area (Å²) in [4.78, 5) is 11.8. The molecule has 2 amide bonds. The topological polar surface area (TPSA) is 41.1 Å². The quantitative estimate of drug-likeness (QED) is 0.837. The number of aryl methyl sites for hydroxylation is 1. The molecule has 2 aromatic carbocycles. The molecule has 0 radical (unpaired) electrons. The van der Waals surface area contributed by atoms with Crippen LogP contribution in [0.15, 0.2) is 46.9 Å². The second-order valence-corrected chi connectivity index (χ2v) is 5.02. The molecule has 3 nitrogen and oxygen atoms in total. The second kappa shape index (κ2) is 5.84. The predicted molar refractivity (Wildman–Crippen MR) is 77.9 cm³/mol. The van der Waals surface area contributed by atoms with Crippen LogP contribution < -0.4 is 10.6 Å². The first-order valence-electron chi connectivity index (χ1n) is 5.64. The van der Waals surface area contributed by atoms with Crippen molar-refractivity contribution in [2.75, 3.05) is 10.6 Å². The van der Waals surface area contributed by atoms with Gasteiger partial charge in [-0.15, -0.1) is 0 Å². The van der Waals surface area contributed by atoms with Crippen molar-refractivity contribution in [2.24, 2.45) is 0 Å². The van der Waals surface area contributed by atoms with Gasteiger partial charge in [-0.25, -0.2) is 9.18 Å². The molecule has 0 saturated heterocycles. The summed E-state index contributed by atoms with van der Waals surface area (Å²) in [5.41, 5.74) is 2.10. The van der Waals surface area contributed by atoms with E-state index in [0.29, 0.717) is 11.4 Å². The predicted octanol–water partition coefficient (Wildman–Crippen LogP) is 4.54. The summed E-state index contributed by atoms with van der Waals surface area (Å²) >= 11 is 3.36. The highest BCUT2D eigenvalue weighted by molar-refractivity contribution is 9.10. The van der Waals surface area contributed by atoms with E-state index in [4.69, 9.17) is 0 Å². The summed E-state index contributed by atoms with van der Waals surface area (Å²) in [6, 6.07) is 10.9. The Hall–Kier alpha value is -1.88. The van der Waals surface area contributed by atoms with E-state index >= 15 is 0 Å². The molecule has 0 spiro atoms. The summed E-state index contributed by atoms with van der Waals surface area (Å²) in [6.07, 6.45) is 0. The maximum absolute atomic E-state index is 13.0. The molecule has 2 aromatic rings. The van der Waals surface area contributed by atoms with Crippen molar-refractivity contribution in [1.82, 2.24) is 0 Å². The number of carbonyl (C=O) groups excluding carboxylic acids is 1. The van der Waals surface area contributed by atoms with Gasteiger partial charge in [-0.2, -0.15) is 0 Å². The standard InChI is InChI=1S/C14H12BrFN2O/c1-9-5-10(15)7-13(6-9)18-14(19)17-12-4-2-3-11(16)8-12/h2-8H,1H3,(H2,17,18,19). The third-order valence-electron chi connectivity index (χ3n) is 2.38. The highest BCUT2D eigenvalue weighted by Crippen LogP contribution is 2.19. The van der Waals surface area contributed by atoms with Crippen molar-refractivity contribution in [3.8, 4) is 0 Å². The Balaban J connectivity index is 2.05. The normalized spacial score (nSPS) is 10.1. The summed E-state index contributed by atoms with van der Waals surface area (Å²) in [7, 11) is 0. The van der Waals surface area contributed by atoms with Gasteiger partial charge in [0.15, 0.2) is 0 Å². The fraction of sp³-hybridized carbons (Fsp3) is 0.0714. The van der Waals surface area contributed by atoms with E-state index in [1.807, 2.05) is 19.1 Å². The Morgan fingerprint density at radius 1 is 1.11 bits per heavy atom. The number of benzene rings is 2. The van der Waals surface area contributed by atoms with Crippen molar-refractivity contribution >= 4 is 33.3 Å². The Morgan fingerprint density at radius 3 is 2.53 bits per heavy atom. The van der Waals surface area contributed by atoms with Crippen LogP contribution in [0.2, 0.25) is 0 Å². The van der Waals surface area contributed by atoms with Gasteiger partial charge in [0.2, 0.25) is 0 Å². The van der Waals surface area contributed by atoms with Crippen LogP contribution >= 0.6 is 15.9 Å². The lowest BCUT2D eigenvalue weighted by Gasteiger charge is -2.09. The molecule has 0 aliphatic carbocycles. The van der Waals surface area contributed by atoms with Crippen molar-refractivity contribution in [2.45, 2.75) is 6.92 Å². The maximum atomic E-state index is 13.0. The van der Waals surface area contributed by atoms with E-state index in [1.165, 1.54) is 18.2 Å². The molecule has 0 aliphatic heterocycles. The third-order valence-corrected chi connectivity index (χ3v) is 2.84. The second-order valence-electron chi connectivity index (χ2n) is 4.11. The first-order chi connectivity index (χ1) is 9.02. The van der Waals surface area contributed by atoms with Gasteiger partial charge in [-0.05, 0) is 48.9 Å². The number of hydrogen-bond donors (Lipinski definition) is 2. The number of hydrogen-bond acceptors (Lipinski definition) is 1. The van der Waals surface area contributed by atoms with Crippen molar-refractivity contribution in [3.63, 3.8) is 0 Å². The molecule has 0 heterocycles. The summed E-state index contributed by atoms with van der Waals surface area (Å²) in [6.45, 7) is 1.93. The molecular weight excluding hydrogens is 311 g/mol. The minimum atomic E-state index is -0.414. The zero-order chi connectivity index (χ0) is 13.8. The molecule has 0 atom stereocenters. The minimum absolute atomic E-state index is 0.392. The Bertz CT molecular complexity index is 596. The third kappa shape index (κ3) is 4.06. The number of carbonyl (C=O) groups is 1. The van der Waals surface area contributed by atoms with E-state index in [9.17, 15) is 9.18 Å². The van der Waals surface area contributed by atoms with Crippen molar-refractivity contribution < 1.29 is 9.18 Å². The number of amides is 2. The van der Waals surface area contributed by atoms with E-state index < -0.39 is 11.8 Å². The molecule has 2 N–H and O–H groups in total. The summed E-state index contributed by atoms with van der Waals surface area (Å²) in [5, 5.41) is 5.25. The fourth-order valence-corrected chi connectivity index (χ4v) is 2.28. The van der Waals surface area contributed by atoms with Gasteiger partial charge in [0, 0.05) is 15.8 Å². The zero-order valence-electron chi connectivity index (χ0n) is 10.2. The van der Waals surface area contributed by atoms with Crippen molar-refractivity contribution in [3.05, 3.63) is 58.3 Å². The van der Waals surface area contributed by atoms with E-state index in [1.54, 1.807) is 12.1 Å². The van der Waals surface area contributed by atoms with Crippen LogP contribution in [0.25, 0.3) is 0 Å². The largest absolute Gasteiger partial charge is 0.323 e. The summed E-state index contributed by atoms with van der Waals surface area (Å²) < 4.78 is 13.9. The highest BCUT2D eigenvalue weighted by Gasteiger charge is 2.04. The number of halogens is 2. The van der Waals surface area contributed by atoms with Crippen molar-refractivity contribution in [1.29, 1.82) is 0 Å². The van der Waals surface area contributed by atoms with Crippen LogP contribution in [-0.4, -0.2) is 6.03 Å². The van der Waals surface area contributed by atoms with Gasteiger partial charge in [0.05, 0.1) is 0 Å². The first-order valence-corrected chi connectivity index (χ1v) is 6.43. The van der Waals surface area contributed by atoms with Crippen LogP contribution in [0.5, 0.6) is 0 Å². The SMILES string of the molecule is Cc1cc(Br)cc(NC(=O)Nc2cccc(F)c2)c1. The molecule has 2 rings (SSSR count). The Morgan fingerprint density at radius 2 is 1.84 bits per heavy atom. The lowest BCUT2D eigenvalue weighted by Crippen LogP contribution is -2.19. The Kier molecular flexibility index (Phi) is 4.16. The van der Waals surface area contributed by atoms with Crippen LogP contribution in [0.4, 0.5) is 20.6 Å². The molecule has 0 saturated carbocycles. The monoisotopic (exact) mass is 322 g/mol. The van der Waals surface area contributed by atoms with Gasteiger partial charge in [-0.3, -0.25) is 0 Å². The number of nitrogens with one attached hydrogen (secondary N) is 2. The molecule has 5 heteroatoms. The highest BCUT2D eigenvalue weighted by atomic mass is 79.9. The molecule has 0 aromatic heterocycles. The lowest BCUT2D eigenvalue weighted by atomic mass is 10.2. The van der Waals surface area contributed by atoms with E-state index in [-0.39, 0.29) is 0 Å². The number of anilines is 2. The molecule has 0 fully saturated rings. The number of rotatable bonds is 2. The van der Waals surface area contributed by atoms with E-state index in [2.05, 4.69) is 26.6 Å². The van der Waals surface area contributed by atoms with Crippen LogP contribution in [0, 0.1) is 12.7 Å². The molecule has 98 valence electrons. The number of urea groups is 1. The minimum Gasteiger partial charge on any atom is -0.308 e.